The number of imidazole rings is 1. The number of hydrogen-bond acceptors (Lipinski definition) is 7. The normalized spacial score (nSPS) is 14.1. The highest BCUT2D eigenvalue weighted by atomic mass is 19.3. The average molecular weight is 495 g/mol. The summed E-state index contributed by atoms with van der Waals surface area (Å²) in [6.45, 7) is -2.27. The second-order valence-electron chi connectivity index (χ2n) is 8.62. The second-order valence-corrected chi connectivity index (χ2v) is 8.62. The minimum Gasteiger partial charge on any atom is -0.497 e. The van der Waals surface area contributed by atoms with Crippen LogP contribution in [0.1, 0.15) is 25.0 Å². The summed E-state index contributed by atoms with van der Waals surface area (Å²) in [5.41, 5.74) is 0.721. The molecule has 0 bridgehead atoms. The molecule has 1 aliphatic carbocycles. The van der Waals surface area contributed by atoms with Gasteiger partial charge >= 0.3 is 12.2 Å². The number of methoxy groups -OCH3 is 2. The lowest BCUT2D eigenvalue weighted by Gasteiger charge is -2.12. The number of aromatic nitrogens is 5. The van der Waals surface area contributed by atoms with Gasteiger partial charge in [-0.1, -0.05) is 0 Å². The Morgan fingerprint density at radius 1 is 1.22 bits per heavy atom. The van der Waals surface area contributed by atoms with Crippen LogP contribution >= 0.6 is 0 Å². The Morgan fingerprint density at radius 3 is 2.67 bits per heavy atom. The van der Waals surface area contributed by atoms with Crippen LogP contribution in [0.2, 0.25) is 0 Å². The molecule has 1 N–H and O–H groups in total. The number of rotatable bonds is 9. The van der Waals surface area contributed by atoms with E-state index in [0.29, 0.717) is 46.9 Å². The predicted molar refractivity (Wildman–Crippen MR) is 127 cm³/mol. The molecular weight excluding hydrogens is 472 g/mol. The summed E-state index contributed by atoms with van der Waals surface area (Å²) in [6, 6.07) is 11.2. The van der Waals surface area contributed by atoms with Crippen molar-refractivity contribution in [1.82, 2.24) is 23.9 Å². The molecule has 186 valence electrons. The fraction of sp³-hybridized carbons (Fsp3) is 0.333. The van der Waals surface area contributed by atoms with Crippen LogP contribution in [0.3, 0.4) is 0 Å². The van der Waals surface area contributed by atoms with E-state index >= 15 is 0 Å². The smallest absolute Gasteiger partial charge is 0.335 e. The third-order valence-corrected chi connectivity index (χ3v) is 6.33. The number of halogens is 2. The van der Waals surface area contributed by atoms with Crippen molar-refractivity contribution in [3.63, 3.8) is 0 Å². The molecule has 0 unspecified atom stereocenters. The van der Waals surface area contributed by atoms with Gasteiger partial charge in [0.25, 0.3) is 0 Å². The monoisotopic (exact) mass is 495 g/mol. The SMILES string of the molecule is COc1ccc(CNc2ccc3c(n2)n(-c2cnn(C(F)F)c2)c(=O)n3CC2(C#N)CC2)c(OC)c1. The third kappa shape index (κ3) is 4.13. The van der Waals surface area contributed by atoms with Crippen molar-refractivity contribution >= 4 is 17.0 Å². The number of nitrogens with one attached hydrogen (secondary N) is 1. The highest BCUT2D eigenvalue weighted by Crippen LogP contribution is 2.46. The van der Waals surface area contributed by atoms with E-state index in [-0.39, 0.29) is 17.9 Å². The maximum absolute atomic E-state index is 13.4. The molecule has 0 spiro atoms. The molecule has 1 aliphatic rings. The summed E-state index contributed by atoms with van der Waals surface area (Å²) in [5.74, 6) is 1.77. The molecule has 3 heterocycles. The van der Waals surface area contributed by atoms with Crippen LogP contribution in [0, 0.1) is 16.7 Å². The van der Waals surface area contributed by atoms with E-state index in [2.05, 4.69) is 21.5 Å². The van der Waals surface area contributed by atoms with Crippen molar-refractivity contribution in [3.8, 4) is 23.3 Å². The van der Waals surface area contributed by atoms with E-state index in [4.69, 9.17) is 9.47 Å². The molecule has 0 saturated heterocycles. The van der Waals surface area contributed by atoms with E-state index in [1.54, 1.807) is 32.4 Å². The van der Waals surface area contributed by atoms with Crippen LogP contribution in [-0.4, -0.2) is 38.1 Å². The van der Waals surface area contributed by atoms with Crippen LogP contribution < -0.4 is 20.5 Å². The zero-order chi connectivity index (χ0) is 25.4. The molecule has 4 aromatic rings. The summed E-state index contributed by atoms with van der Waals surface area (Å²) < 4.78 is 40.2. The standard InChI is InChI=1S/C24H23F2N7O3/c1-35-17-4-3-15(19(9-17)36-2)10-28-20-6-5-18-21(30-20)33(16-11-29-32(12-16)22(25)26)23(34)31(18)14-24(13-27)7-8-24/h3-6,9,11-12,22H,7-8,10,14H2,1-2H3,(H,28,30). The lowest BCUT2D eigenvalue weighted by molar-refractivity contribution is 0.0566. The first-order valence-electron chi connectivity index (χ1n) is 11.2. The minimum absolute atomic E-state index is 0.160. The fourth-order valence-corrected chi connectivity index (χ4v) is 4.11. The summed E-state index contributed by atoms with van der Waals surface area (Å²) in [5, 5.41) is 16.4. The topological polar surface area (TPSA) is 112 Å². The number of nitriles is 1. The maximum atomic E-state index is 13.4. The molecule has 3 aromatic heterocycles. The van der Waals surface area contributed by atoms with Crippen molar-refractivity contribution < 1.29 is 18.3 Å². The Kier molecular flexibility index (Phi) is 5.83. The maximum Gasteiger partial charge on any atom is 0.335 e. The van der Waals surface area contributed by atoms with Crippen LogP contribution in [0.5, 0.6) is 11.5 Å². The van der Waals surface area contributed by atoms with E-state index in [1.807, 2.05) is 12.1 Å². The van der Waals surface area contributed by atoms with Crippen LogP contribution in [0.15, 0.2) is 47.5 Å². The molecule has 0 amide bonds. The summed E-state index contributed by atoms with van der Waals surface area (Å²) in [4.78, 5) is 18.1. The van der Waals surface area contributed by atoms with Gasteiger partial charge in [-0.25, -0.2) is 19.0 Å². The van der Waals surface area contributed by atoms with E-state index in [1.165, 1.54) is 15.3 Å². The predicted octanol–water partition coefficient (Wildman–Crippen LogP) is 3.71. The quantitative estimate of drug-likeness (QED) is 0.377. The summed E-state index contributed by atoms with van der Waals surface area (Å²) in [7, 11) is 3.14. The molecule has 5 rings (SSSR count). The van der Waals surface area contributed by atoms with Gasteiger partial charge in [0, 0.05) is 24.7 Å². The van der Waals surface area contributed by atoms with Gasteiger partial charge in [-0.3, -0.25) is 4.57 Å². The zero-order valence-electron chi connectivity index (χ0n) is 19.6. The number of alkyl halides is 2. The van der Waals surface area contributed by atoms with Gasteiger partial charge in [-0.15, -0.1) is 0 Å². The lowest BCUT2D eigenvalue weighted by atomic mass is 10.1. The zero-order valence-corrected chi connectivity index (χ0v) is 19.6. The molecule has 36 heavy (non-hydrogen) atoms. The van der Waals surface area contributed by atoms with Gasteiger partial charge in [-0.05, 0) is 37.1 Å². The first kappa shape index (κ1) is 23.3. The lowest BCUT2D eigenvalue weighted by Crippen LogP contribution is -2.26. The van der Waals surface area contributed by atoms with Crippen molar-refractivity contribution in [2.45, 2.75) is 32.5 Å². The van der Waals surface area contributed by atoms with E-state index in [9.17, 15) is 18.8 Å². The number of hydrogen-bond donors (Lipinski definition) is 1. The molecule has 0 radical (unpaired) electrons. The van der Waals surface area contributed by atoms with E-state index in [0.717, 1.165) is 11.8 Å². The Labute approximate surface area is 204 Å². The molecule has 12 heteroatoms. The largest absolute Gasteiger partial charge is 0.497 e. The Hall–Kier alpha value is -4.40. The first-order valence-corrected chi connectivity index (χ1v) is 11.2. The van der Waals surface area contributed by atoms with Gasteiger partial charge in [0.1, 0.15) is 17.3 Å². The van der Waals surface area contributed by atoms with Gasteiger partial charge in [0.15, 0.2) is 5.65 Å². The van der Waals surface area contributed by atoms with Crippen LogP contribution in [-0.2, 0) is 13.1 Å². The molecule has 1 fully saturated rings. The molecule has 1 saturated carbocycles. The van der Waals surface area contributed by atoms with Gasteiger partial charge < -0.3 is 14.8 Å². The Balaban J connectivity index is 1.54. The van der Waals surface area contributed by atoms with Crippen molar-refractivity contribution in [2.24, 2.45) is 5.41 Å². The molecule has 0 atom stereocenters. The highest BCUT2D eigenvalue weighted by molar-refractivity contribution is 5.76. The molecular formula is C24H23F2N7O3. The van der Waals surface area contributed by atoms with Gasteiger partial charge in [-0.2, -0.15) is 19.1 Å². The number of fused-ring (bicyclic) bond motifs is 1. The van der Waals surface area contributed by atoms with Crippen molar-refractivity contribution in [1.29, 1.82) is 5.26 Å². The molecule has 10 nitrogen and oxygen atoms in total. The van der Waals surface area contributed by atoms with Crippen molar-refractivity contribution in [2.75, 3.05) is 19.5 Å². The van der Waals surface area contributed by atoms with E-state index < -0.39 is 17.7 Å². The first-order chi connectivity index (χ1) is 17.4. The Bertz CT molecular complexity index is 1530. The van der Waals surface area contributed by atoms with Crippen LogP contribution in [0.25, 0.3) is 16.9 Å². The third-order valence-electron chi connectivity index (χ3n) is 6.33. The average Bonchev–Trinajstić information content (AvgIpc) is 3.41. The fourth-order valence-electron chi connectivity index (χ4n) is 4.11. The number of anilines is 1. The van der Waals surface area contributed by atoms with Crippen molar-refractivity contribution in [3.05, 3.63) is 58.8 Å². The number of ether oxygens (including phenoxy) is 2. The Morgan fingerprint density at radius 2 is 2.03 bits per heavy atom. The van der Waals surface area contributed by atoms with Gasteiger partial charge in [0.2, 0.25) is 0 Å². The molecule has 0 aliphatic heterocycles. The highest BCUT2D eigenvalue weighted by Gasteiger charge is 2.44. The minimum atomic E-state index is -2.85. The number of nitrogens with zero attached hydrogens (tertiary/aromatic N) is 6. The second kappa shape index (κ2) is 8.99. The van der Waals surface area contributed by atoms with Crippen LogP contribution in [0.4, 0.5) is 14.6 Å². The van der Waals surface area contributed by atoms with Gasteiger partial charge in [0.05, 0.1) is 49.3 Å². The number of pyridine rings is 1. The number of benzene rings is 1. The molecule has 1 aromatic carbocycles. The summed E-state index contributed by atoms with van der Waals surface area (Å²) in [6.07, 6.45) is 3.68. The summed E-state index contributed by atoms with van der Waals surface area (Å²) >= 11 is 0.